The molecule has 3 rings (SSSR count). The summed E-state index contributed by atoms with van der Waals surface area (Å²) in [7, 11) is 1.60. The van der Waals surface area contributed by atoms with E-state index in [9.17, 15) is 9.59 Å². The minimum absolute atomic E-state index is 0.111. The van der Waals surface area contributed by atoms with Crippen molar-refractivity contribution in [1.82, 2.24) is 24.4 Å². The average molecular weight is 349 g/mol. The van der Waals surface area contributed by atoms with Gasteiger partial charge in [0.2, 0.25) is 0 Å². The zero-order valence-corrected chi connectivity index (χ0v) is 14.2. The number of nitrogens with zero attached hydrogens (tertiary/aromatic N) is 4. The molecule has 24 heavy (non-hydrogen) atoms. The molecule has 0 saturated heterocycles. The van der Waals surface area contributed by atoms with Crippen LogP contribution in [-0.4, -0.2) is 64.2 Å². The third-order valence-corrected chi connectivity index (χ3v) is 4.50. The first-order chi connectivity index (χ1) is 11.7. The number of hydrogen-bond donors (Lipinski definition) is 1. The van der Waals surface area contributed by atoms with E-state index in [4.69, 9.17) is 4.74 Å². The SMILES string of the molecule is COCCNC(=O)c1ccc2n1CCN(C(=O)c1csnn1)CC2. The van der Waals surface area contributed by atoms with E-state index in [-0.39, 0.29) is 11.8 Å². The van der Waals surface area contributed by atoms with E-state index in [1.54, 1.807) is 17.4 Å². The van der Waals surface area contributed by atoms with Gasteiger partial charge in [0, 0.05) is 50.8 Å². The van der Waals surface area contributed by atoms with Crippen LogP contribution in [0.4, 0.5) is 0 Å². The monoisotopic (exact) mass is 349 g/mol. The molecule has 2 aromatic rings. The van der Waals surface area contributed by atoms with E-state index in [1.807, 2.05) is 16.7 Å². The summed E-state index contributed by atoms with van der Waals surface area (Å²) in [6.45, 7) is 2.67. The summed E-state index contributed by atoms with van der Waals surface area (Å²) in [5.41, 5.74) is 2.05. The van der Waals surface area contributed by atoms with Crippen LogP contribution in [0.3, 0.4) is 0 Å². The van der Waals surface area contributed by atoms with Gasteiger partial charge < -0.3 is 19.5 Å². The molecule has 0 atom stereocenters. The number of hydrogen-bond acceptors (Lipinski definition) is 6. The molecule has 2 amide bonds. The number of carbonyl (C=O) groups excluding carboxylic acids is 2. The van der Waals surface area contributed by atoms with Crippen molar-refractivity contribution in [1.29, 1.82) is 0 Å². The highest BCUT2D eigenvalue weighted by Crippen LogP contribution is 2.16. The predicted molar refractivity (Wildman–Crippen MR) is 88.2 cm³/mol. The average Bonchev–Trinajstić information content (AvgIpc) is 3.21. The Bertz CT molecular complexity index is 713. The zero-order valence-electron chi connectivity index (χ0n) is 13.4. The van der Waals surface area contributed by atoms with Crippen LogP contribution in [0, 0.1) is 0 Å². The largest absolute Gasteiger partial charge is 0.383 e. The quantitative estimate of drug-likeness (QED) is 0.790. The number of amides is 2. The van der Waals surface area contributed by atoms with E-state index in [2.05, 4.69) is 14.9 Å². The molecule has 9 heteroatoms. The Balaban J connectivity index is 1.68. The molecule has 0 unspecified atom stereocenters. The topological polar surface area (TPSA) is 89.4 Å². The lowest BCUT2D eigenvalue weighted by Crippen LogP contribution is -2.34. The summed E-state index contributed by atoms with van der Waals surface area (Å²) in [5, 5.41) is 8.33. The van der Waals surface area contributed by atoms with Gasteiger partial charge in [0.1, 0.15) is 5.69 Å². The maximum atomic E-state index is 12.4. The molecule has 0 saturated carbocycles. The van der Waals surface area contributed by atoms with Gasteiger partial charge in [-0.1, -0.05) is 4.49 Å². The normalized spacial score (nSPS) is 14.1. The summed E-state index contributed by atoms with van der Waals surface area (Å²) >= 11 is 1.16. The molecule has 0 bridgehead atoms. The standard InChI is InChI=1S/C15H19N5O3S/c1-23-9-5-16-14(21)13-3-2-11-4-6-19(7-8-20(11)13)15(22)12-10-24-18-17-12/h2-3,10H,4-9H2,1H3,(H,16,21). The van der Waals surface area contributed by atoms with Crippen molar-refractivity contribution in [3.05, 3.63) is 34.6 Å². The van der Waals surface area contributed by atoms with Crippen molar-refractivity contribution >= 4 is 23.3 Å². The number of ether oxygens (including phenoxy) is 1. The fraction of sp³-hybridized carbons (Fsp3) is 0.467. The van der Waals surface area contributed by atoms with Crippen molar-refractivity contribution < 1.29 is 14.3 Å². The second kappa shape index (κ2) is 7.54. The second-order valence-electron chi connectivity index (χ2n) is 5.44. The fourth-order valence-corrected chi connectivity index (χ4v) is 3.18. The van der Waals surface area contributed by atoms with Crippen LogP contribution >= 0.6 is 11.5 Å². The number of fused-ring (bicyclic) bond motifs is 1. The maximum Gasteiger partial charge on any atom is 0.275 e. The lowest BCUT2D eigenvalue weighted by Gasteiger charge is -2.18. The zero-order chi connectivity index (χ0) is 16.9. The molecule has 0 spiro atoms. The summed E-state index contributed by atoms with van der Waals surface area (Å²) in [6.07, 6.45) is 0.703. The first kappa shape index (κ1) is 16.6. The van der Waals surface area contributed by atoms with Crippen LogP contribution in [0.2, 0.25) is 0 Å². The molecular formula is C15H19N5O3S. The molecule has 128 valence electrons. The van der Waals surface area contributed by atoms with Crippen LogP contribution < -0.4 is 5.32 Å². The summed E-state index contributed by atoms with van der Waals surface area (Å²) in [5.74, 6) is -0.234. The number of carbonyl (C=O) groups is 2. The molecule has 8 nitrogen and oxygen atoms in total. The molecular weight excluding hydrogens is 330 g/mol. The van der Waals surface area contributed by atoms with E-state index in [0.29, 0.717) is 50.6 Å². The van der Waals surface area contributed by atoms with Crippen LogP contribution in [0.25, 0.3) is 0 Å². The molecule has 0 radical (unpaired) electrons. The lowest BCUT2D eigenvalue weighted by atomic mass is 10.3. The Kier molecular flexibility index (Phi) is 5.21. The van der Waals surface area contributed by atoms with Gasteiger partial charge in [-0.2, -0.15) is 0 Å². The maximum absolute atomic E-state index is 12.4. The highest BCUT2D eigenvalue weighted by molar-refractivity contribution is 7.03. The van der Waals surface area contributed by atoms with Crippen molar-refractivity contribution in [2.75, 3.05) is 33.4 Å². The Hall–Kier alpha value is -2.26. The summed E-state index contributed by atoms with van der Waals surface area (Å²) < 4.78 is 10.7. The minimum atomic E-state index is -0.123. The summed E-state index contributed by atoms with van der Waals surface area (Å²) in [4.78, 5) is 26.4. The first-order valence-electron chi connectivity index (χ1n) is 7.72. The minimum Gasteiger partial charge on any atom is -0.383 e. The lowest BCUT2D eigenvalue weighted by molar-refractivity contribution is 0.0753. The van der Waals surface area contributed by atoms with E-state index in [1.165, 1.54) is 0 Å². The fourth-order valence-electron chi connectivity index (χ4n) is 2.75. The van der Waals surface area contributed by atoms with Crippen LogP contribution in [0.5, 0.6) is 0 Å². The van der Waals surface area contributed by atoms with Crippen molar-refractivity contribution in [2.24, 2.45) is 0 Å². The van der Waals surface area contributed by atoms with Crippen LogP contribution in [-0.2, 0) is 17.7 Å². The van der Waals surface area contributed by atoms with Crippen molar-refractivity contribution in [3.63, 3.8) is 0 Å². The highest BCUT2D eigenvalue weighted by atomic mass is 32.1. The molecule has 2 aromatic heterocycles. The van der Waals surface area contributed by atoms with E-state index >= 15 is 0 Å². The molecule has 0 aromatic carbocycles. The molecule has 3 heterocycles. The van der Waals surface area contributed by atoms with Crippen molar-refractivity contribution in [3.8, 4) is 0 Å². The van der Waals surface area contributed by atoms with Crippen LogP contribution in [0.15, 0.2) is 17.5 Å². The van der Waals surface area contributed by atoms with Gasteiger partial charge >= 0.3 is 0 Å². The first-order valence-corrected chi connectivity index (χ1v) is 8.56. The summed E-state index contributed by atoms with van der Waals surface area (Å²) in [6, 6.07) is 3.78. The Labute approximate surface area is 143 Å². The molecule has 0 aliphatic carbocycles. The smallest absolute Gasteiger partial charge is 0.275 e. The molecule has 0 fully saturated rings. The molecule has 1 N–H and O–H groups in total. The molecule has 1 aliphatic rings. The van der Waals surface area contributed by atoms with Crippen molar-refractivity contribution in [2.45, 2.75) is 13.0 Å². The number of rotatable bonds is 5. The van der Waals surface area contributed by atoms with Gasteiger partial charge in [0.05, 0.1) is 6.61 Å². The van der Waals surface area contributed by atoms with Gasteiger partial charge in [-0.25, -0.2) is 0 Å². The Morgan fingerprint density at radius 2 is 2.21 bits per heavy atom. The number of aromatic nitrogens is 3. The Morgan fingerprint density at radius 1 is 1.33 bits per heavy atom. The van der Waals surface area contributed by atoms with E-state index in [0.717, 1.165) is 17.2 Å². The van der Waals surface area contributed by atoms with Gasteiger partial charge in [0.25, 0.3) is 11.8 Å². The Morgan fingerprint density at radius 3 is 2.96 bits per heavy atom. The van der Waals surface area contributed by atoms with Crippen LogP contribution in [0.1, 0.15) is 26.7 Å². The third kappa shape index (κ3) is 3.46. The predicted octanol–water partition coefficient (Wildman–Crippen LogP) is 0.414. The second-order valence-corrected chi connectivity index (χ2v) is 6.05. The van der Waals surface area contributed by atoms with Gasteiger partial charge in [-0.15, -0.1) is 5.10 Å². The number of nitrogens with one attached hydrogen (secondary N) is 1. The number of methoxy groups -OCH3 is 1. The molecule has 1 aliphatic heterocycles. The highest BCUT2D eigenvalue weighted by Gasteiger charge is 2.23. The van der Waals surface area contributed by atoms with Gasteiger partial charge in [-0.3, -0.25) is 9.59 Å². The van der Waals surface area contributed by atoms with E-state index < -0.39 is 0 Å². The van der Waals surface area contributed by atoms with Gasteiger partial charge in [0.15, 0.2) is 5.69 Å². The third-order valence-electron chi connectivity index (χ3n) is 3.99. The van der Waals surface area contributed by atoms with Gasteiger partial charge in [-0.05, 0) is 23.7 Å².